The van der Waals surface area contributed by atoms with Crippen LogP contribution in [0.5, 0.6) is 11.8 Å². The van der Waals surface area contributed by atoms with Crippen LogP contribution in [0.1, 0.15) is 11.1 Å². The van der Waals surface area contributed by atoms with Crippen LogP contribution in [0.15, 0.2) is 24.5 Å². The highest BCUT2D eigenvalue weighted by Gasteiger charge is 2.13. The molecule has 0 saturated heterocycles. The van der Waals surface area contributed by atoms with E-state index in [1.54, 1.807) is 12.1 Å². The molecule has 2 rings (SSSR count). The number of rotatable bonds is 5. The van der Waals surface area contributed by atoms with Gasteiger partial charge in [0.25, 0.3) is 0 Å². The summed E-state index contributed by atoms with van der Waals surface area (Å²) in [6.07, 6.45) is 1.34. The first-order valence-corrected chi connectivity index (χ1v) is 6.05. The summed E-state index contributed by atoms with van der Waals surface area (Å²) in [6, 6.07) is 5.99. The van der Waals surface area contributed by atoms with E-state index in [2.05, 4.69) is 15.3 Å². The van der Waals surface area contributed by atoms with Crippen LogP contribution < -0.4 is 14.8 Å². The van der Waals surface area contributed by atoms with Gasteiger partial charge >= 0.3 is 0 Å². The lowest BCUT2D eigenvalue weighted by molar-refractivity contribution is 0.363. The first-order valence-electron chi connectivity index (χ1n) is 6.05. The number of ether oxygens (including phenoxy) is 2. The predicted molar refractivity (Wildman–Crippen MR) is 73.6 cm³/mol. The lowest BCUT2D eigenvalue weighted by atomic mass is 10.2. The van der Waals surface area contributed by atoms with Crippen molar-refractivity contribution in [1.29, 1.82) is 5.26 Å². The molecule has 1 aromatic heterocycles. The summed E-state index contributed by atoms with van der Waals surface area (Å²) in [4.78, 5) is 8.00. The zero-order chi connectivity index (χ0) is 15.2. The van der Waals surface area contributed by atoms with Gasteiger partial charge in [-0.25, -0.2) is 14.4 Å². The van der Waals surface area contributed by atoms with Crippen LogP contribution in [0.4, 0.5) is 10.1 Å². The van der Waals surface area contributed by atoms with Crippen LogP contribution in [0.2, 0.25) is 0 Å². The molecular formula is C14H13FN4O2. The maximum Gasteiger partial charge on any atom is 0.225 e. The van der Waals surface area contributed by atoms with Crippen molar-refractivity contribution in [2.75, 3.05) is 19.5 Å². The Labute approximate surface area is 121 Å². The fraction of sp³-hybridized carbons (Fsp3) is 0.214. The van der Waals surface area contributed by atoms with Gasteiger partial charge in [-0.3, -0.25) is 0 Å². The normalized spacial score (nSPS) is 9.81. The van der Waals surface area contributed by atoms with Crippen LogP contribution in [0, 0.1) is 17.1 Å². The second-order valence-corrected chi connectivity index (χ2v) is 4.03. The van der Waals surface area contributed by atoms with Crippen LogP contribution in [0.25, 0.3) is 0 Å². The van der Waals surface area contributed by atoms with Crippen LogP contribution >= 0.6 is 0 Å². The summed E-state index contributed by atoms with van der Waals surface area (Å²) in [5, 5.41) is 11.9. The molecule has 1 N–H and O–H groups in total. The molecule has 0 radical (unpaired) electrons. The van der Waals surface area contributed by atoms with Crippen molar-refractivity contribution in [3.05, 3.63) is 41.5 Å². The van der Waals surface area contributed by atoms with Crippen LogP contribution in [-0.2, 0) is 6.54 Å². The number of hydrogen-bond acceptors (Lipinski definition) is 6. The summed E-state index contributed by atoms with van der Waals surface area (Å²) in [7, 11) is 2.99. The maximum atomic E-state index is 13.3. The van der Waals surface area contributed by atoms with Crippen molar-refractivity contribution >= 4 is 5.69 Å². The molecule has 1 heterocycles. The smallest absolute Gasteiger partial charge is 0.225 e. The molecule has 0 spiro atoms. The highest BCUT2D eigenvalue weighted by atomic mass is 19.1. The van der Waals surface area contributed by atoms with E-state index >= 15 is 0 Å². The Balaban J connectivity index is 2.22. The number of halogens is 1. The number of nitrogens with one attached hydrogen (secondary N) is 1. The fourth-order valence-corrected chi connectivity index (χ4v) is 1.80. The summed E-state index contributed by atoms with van der Waals surface area (Å²) in [5.41, 5.74) is 1.20. The molecule has 108 valence electrons. The van der Waals surface area contributed by atoms with Crippen molar-refractivity contribution in [3.8, 4) is 17.8 Å². The lowest BCUT2D eigenvalue weighted by Crippen LogP contribution is -2.07. The molecule has 0 aliphatic heterocycles. The molecule has 6 nitrogen and oxygen atoms in total. The van der Waals surface area contributed by atoms with Gasteiger partial charge < -0.3 is 14.8 Å². The molecule has 0 saturated carbocycles. The van der Waals surface area contributed by atoms with Gasteiger partial charge in [-0.1, -0.05) is 0 Å². The van der Waals surface area contributed by atoms with Gasteiger partial charge in [0.05, 0.1) is 31.9 Å². The summed E-state index contributed by atoms with van der Waals surface area (Å²) < 4.78 is 23.6. The van der Waals surface area contributed by atoms with E-state index in [0.29, 0.717) is 29.6 Å². The summed E-state index contributed by atoms with van der Waals surface area (Å²) in [6.45, 7) is 0.309. The van der Waals surface area contributed by atoms with E-state index in [1.165, 1.54) is 32.7 Å². The zero-order valence-corrected chi connectivity index (χ0v) is 11.6. The summed E-state index contributed by atoms with van der Waals surface area (Å²) >= 11 is 0. The number of nitriles is 1. The van der Waals surface area contributed by atoms with Gasteiger partial charge in [-0.05, 0) is 18.2 Å². The minimum absolute atomic E-state index is 0.0248. The van der Waals surface area contributed by atoms with E-state index in [4.69, 9.17) is 14.7 Å². The Morgan fingerprint density at radius 1 is 1.24 bits per heavy atom. The SMILES string of the molecule is COc1ncnc(OC)c1CNc1ccc(F)c(C#N)c1. The monoisotopic (exact) mass is 288 g/mol. The largest absolute Gasteiger partial charge is 0.481 e. The highest BCUT2D eigenvalue weighted by molar-refractivity contribution is 5.51. The first kappa shape index (κ1) is 14.5. The summed E-state index contributed by atoms with van der Waals surface area (Å²) in [5.74, 6) is 0.218. The average Bonchev–Trinajstić information content (AvgIpc) is 2.53. The van der Waals surface area contributed by atoms with E-state index in [-0.39, 0.29) is 5.56 Å². The van der Waals surface area contributed by atoms with E-state index in [1.807, 2.05) is 0 Å². The quantitative estimate of drug-likeness (QED) is 0.907. The Morgan fingerprint density at radius 3 is 2.48 bits per heavy atom. The van der Waals surface area contributed by atoms with Crippen molar-refractivity contribution in [1.82, 2.24) is 9.97 Å². The number of methoxy groups -OCH3 is 2. The van der Waals surface area contributed by atoms with E-state index < -0.39 is 5.82 Å². The highest BCUT2D eigenvalue weighted by Crippen LogP contribution is 2.24. The van der Waals surface area contributed by atoms with E-state index in [0.717, 1.165) is 0 Å². The molecule has 0 fully saturated rings. The minimum atomic E-state index is -0.554. The minimum Gasteiger partial charge on any atom is -0.481 e. The standard InChI is InChI=1S/C14H13FN4O2/c1-20-13-11(14(21-2)19-8-18-13)7-17-10-3-4-12(15)9(5-10)6-16/h3-5,8,17H,7H2,1-2H3. The number of anilines is 1. The Hall–Kier alpha value is -2.88. The van der Waals surface area contributed by atoms with Crippen molar-refractivity contribution in [2.45, 2.75) is 6.54 Å². The van der Waals surface area contributed by atoms with Crippen molar-refractivity contribution < 1.29 is 13.9 Å². The molecule has 0 unspecified atom stereocenters. The molecule has 2 aromatic rings. The maximum absolute atomic E-state index is 13.3. The molecule has 0 aliphatic rings. The second-order valence-electron chi connectivity index (χ2n) is 4.03. The molecule has 0 aliphatic carbocycles. The molecule has 1 aromatic carbocycles. The predicted octanol–water partition coefficient (Wildman–Crippen LogP) is 2.12. The molecule has 21 heavy (non-hydrogen) atoms. The first-order chi connectivity index (χ1) is 10.2. The Morgan fingerprint density at radius 2 is 1.90 bits per heavy atom. The van der Waals surface area contributed by atoms with Gasteiger partial charge in [-0.2, -0.15) is 5.26 Å². The average molecular weight is 288 g/mol. The third-order valence-electron chi connectivity index (χ3n) is 2.81. The Bertz CT molecular complexity index is 663. The second kappa shape index (κ2) is 6.52. The molecule has 0 bridgehead atoms. The van der Waals surface area contributed by atoms with Gasteiger partial charge in [-0.15, -0.1) is 0 Å². The van der Waals surface area contributed by atoms with Crippen LogP contribution in [-0.4, -0.2) is 24.2 Å². The van der Waals surface area contributed by atoms with Crippen LogP contribution in [0.3, 0.4) is 0 Å². The third kappa shape index (κ3) is 3.17. The molecule has 0 atom stereocenters. The van der Waals surface area contributed by atoms with Gasteiger partial charge in [0.2, 0.25) is 11.8 Å². The molecule has 0 amide bonds. The topological polar surface area (TPSA) is 80.1 Å². The number of aromatic nitrogens is 2. The molecule has 7 heteroatoms. The number of hydrogen-bond donors (Lipinski definition) is 1. The van der Waals surface area contributed by atoms with E-state index in [9.17, 15) is 4.39 Å². The van der Waals surface area contributed by atoms with Crippen molar-refractivity contribution in [2.24, 2.45) is 0 Å². The lowest BCUT2D eigenvalue weighted by Gasteiger charge is -2.12. The zero-order valence-electron chi connectivity index (χ0n) is 11.6. The number of nitrogens with zero attached hydrogens (tertiary/aromatic N) is 3. The van der Waals surface area contributed by atoms with Gasteiger partial charge in [0.15, 0.2) is 0 Å². The third-order valence-corrected chi connectivity index (χ3v) is 2.81. The molecular weight excluding hydrogens is 275 g/mol. The van der Waals surface area contributed by atoms with Gasteiger partial charge in [0.1, 0.15) is 18.2 Å². The van der Waals surface area contributed by atoms with Gasteiger partial charge in [0, 0.05) is 5.69 Å². The van der Waals surface area contributed by atoms with Crippen molar-refractivity contribution in [3.63, 3.8) is 0 Å². The number of benzene rings is 1. The fourth-order valence-electron chi connectivity index (χ4n) is 1.80. The Kier molecular flexibility index (Phi) is 4.51.